The van der Waals surface area contributed by atoms with Crippen LogP contribution in [-0.2, 0) is 11.2 Å². The summed E-state index contributed by atoms with van der Waals surface area (Å²) in [5, 5.41) is 3.04. The SMILES string of the molecule is O=C(CCOc1cccc(F)c1)N[C@@H]1CCc2ccccc21. The lowest BCUT2D eigenvalue weighted by Gasteiger charge is -2.14. The fraction of sp³-hybridized carbons (Fsp3) is 0.278. The molecule has 22 heavy (non-hydrogen) atoms. The molecule has 0 aliphatic heterocycles. The highest BCUT2D eigenvalue weighted by molar-refractivity contribution is 5.76. The van der Waals surface area contributed by atoms with E-state index in [2.05, 4.69) is 17.4 Å². The van der Waals surface area contributed by atoms with E-state index >= 15 is 0 Å². The summed E-state index contributed by atoms with van der Waals surface area (Å²) in [4.78, 5) is 12.0. The molecule has 114 valence electrons. The Morgan fingerprint density at radius 3 is 2.95 bits per heavy atom. The van der Waals surface area contributed by atoms with Crippen LogP contribution >= 0.6 is 0 Å². The number of amides is 1. The van der Waals surface area contributed by atoms with Gasteiger partial charge in [0, 0.05) is 6.07 Å². The summed E-state index contributed by atoms with van der Waals surface area (Å²) in [5.74, 6) is 0.0571. The van der Waals surface area contributed by atoms with Crippen molar-refractivity contribution in [2.45, 2.75) is 25.3 Å². The number of benzene rings is 2. The number of carbonyl (C=O) groups is 1. The van der Waals surface area contributed by atoms with Gasteiger partial charge in [0.1, 0.15) is 11.6 Å². The number of hydrogen-bond donors (Lipinski definition) is 1. The topological polar surface area (TPSA) is 38.3 Å². The zero-order valence-corrected chi connectivity index (χ0v) is 12.2. The van der Waals surface area contributed by atoms with Crippen molar-refractivity contribution < 1.29 is 13.9 Å². The maximum absolute atomic E-state index is 13.0. The van der Waals surface area contributed by atoms with Crippen molar-refractivity contribution in [1.29, 1.82) is 0 Å². The van der Waals surface area contributed by atoms with Gasteiger partial charge in [0.15, 0.2) is 0 Å². The summed E-state index contributed by atoms with van der Waals surface area (Å²) in [5.41, 5.74) is 2.52. The molecule has 1 N–H and O–H groups in total. The Hall–Kier alpha value is -2.36. The zero-order chi connectivity index (χ0) is 15.4. The fourth-order valence-electron chi connectivity index (χ4n) is 2.79. The lowest BCUT2D eigenvalue weighted by atomic mass is 10.1. The number of rotatable bonds is 5. The van der Waals surface area contributed by atoms with Gasteiger partial charge < -0.3 is 10.1 Å². The van der Waals surface area contributed by atoms with Gasteiger partial charge in [-0.05, 0) is 36.1 Å². The summed E-state index contributed by atoms with van der Waals surface area (Å²) in [7, 11) is 0. The number of ether oxygens (including phenoxy) is 1. The Bertz CT molecular complexity index is 672. The van der Waals surface area contributed by atoms with E-state index < -0.39 is 0 Å². The maximum atomic E-state index is 13.0. The van der Waals surface area contributed by atoms with Crippen LogP contribution in [0.15, 0.2) is 48.5 Å². The first-order valence-corrected chi connectivity index (χ1v) is 7.48. The van der Waals surface area contributed by atoms with Gasteiger partial charge in [-0.1, -0.05) is 30.3 Å². The molecule has 1 aliphatic carbocycles. The molecule has 0 aromatic heterocycles. The van der Waals surface area contributed by atoms with Crippen molar-refractivity contribution in [1.82, 2.24) is 5.32 Å². The minimum atomic E-state index is -0.343. The largest absolute Gasteiger partial charge is 0.493 e. The predicted molar refractivity (Wildman–Crippen MR) is 82.2 cm³/mol. The van der Waals surface area contributed by atoms with Gasteiger partial charge in [0.05, 0.1) is 19.1 Å². The maximum Gasteiger partial charge on any atom is 0.223 e. The quantitative estimate of drug-likeness (QED) is 0.919. The number of halogens is 1. The zero-order valence-electron chi connectivity index (χ0n) is 12.2. The van der Waals surface area contributed by atoms with Gasteiger partial charge in [0.25, 0.3) is 0 Å². The molecule has 3 nitrogen and oxygen atoms in total. The van der Waals surface area contributed by atoms with Gasteiger partial charge in [-0.2, -0.15) is 0 Å². The van der Waals surface area contributed by atoms with Gasteiger partial charge in [0.2, 0.25) is 5.91 Å². The van der Waals surface area contributed by atoms with Gasteiger partial charge in [-0.3, -0.25) is 4.79 Å². The third-order valence-corrected chi connectivity index (χ3v) is 3.86. The third kappa shape index (κ3) is 3.45. The van der Waals surface area contributed by atoms with E-state index in [0.717, 1.165) is 12.8 Å². The molecule has 0 unspecified atom stereocenters. The van der Waals surface area contributed by atoms with Crippen LogP contribution in [0.5, 0.6) is 5.75 Å². The summed E-state index contributed by atoms with van der Waals surface area (Å²) < 4.78 is 18.4. The van der Waals surface area contributed by atoms with Crippen molar-refractivity contribution in [3.8, 4) is 5.75 Å². The number of hydrogen-bond acceptors (Lipinski definition) is 2. The van der Waals surface area contributed by atoms with Crippen molar-refractivity contribution in [3.05, 3.63) is 65.5 Å². The van der Waals surface area contributed by atoms with E-state index in [1.165, 1.54) is 23.3 Å². The summed E-state index contributed by atoms with van der Waals surface area (Å²) in [6.45, 7) is 0.240. The molecule has 0 radical (unpaired) electrons. The van der Waals surface area contributed by atoms with Gasteiger partial charge >= 0.3 is 0 Å². The van der Waals surface area contributed by atoms with E-state index in [1.807, 2.05) is 12.1 Å². The number of carbonyl (C=O) groups excluding carboxylic acids is 1. The molecule has 4 heteroatoms. The lowest BCUT2D eigenvalue weighted by molar-refractivity contribution is -0.122. The Morgan fingerprint density at radius 1 is 1.23 bits per heavy atom. The average molecular weight is 299 g/mol. The molecular weight excluding hydrogens is 281 g/mol. The lowest BCUT2D eigenvalue weighted by Crippen LogP contribution is -2.28. The Labute approximate surface area is 129 Å². The van der Waals surface area contributed by atoms with E-state index in [4.69, 9.17) is 4.74 Å². The molecule has 1 amide bonds. The molecule has 3 rings (SSSR count). The van der Waals surface area contributed by atoms with Crippen molar-refractivity contribution >= 4 is 5.91 Å². The molecule has 2 aromatic carbocycles. The van der Waals surface area contributed by atoms with Crippen LogP contribution in [0.1, 0.15) is 30.0 Å². The van der Waals surface area contributed by atoms with E-state index in [-0.39, 0.29) is 30.8 Å². The van der Waals surface area contributed by atoms with Gasteiger partial charge in [-0.25, -0.2) is 4.39 Å². The molecule has 1 atom stereocenters. The first-order chi connectivity index (χ1) is 10.7. The smallest absolute Gasteiger partial charge is 0.223 e. The van der Waals surface area contributed by atoms with Crippen LogP contribution in [0, 0.1) is 5.82 Å². The van der Waals surface area contributed by atoms with Crippen LogP contribution in [-0.4, -0.2) is 12.5 Å². The van der Waals surface area contributed by atoms with E-state index in [9.17, 15) is 9.18 Å². The second-order valence-corrected chi connectivity index (χ2v) is 5.41. The highest BCUT2D eigenvalue weighted by Gasteiger charge is 2.23. The van der Waals surface area contributed by atoms with E-state index in [0.29, 0.717) is 5.75 Å². The minimum Gasteiger partial charge on any atom is -0.493 e. The summed E-state index contributed by atoms with van der Waals surface area (Å²) >= 11 is 0. The number of nitrogens with one attached hydrogen (secondary N) is 1. The number of fused-ring (bicyclic) bond motifs is 1. The Balaban J connectivity index is 1.47. The Kier molecular flexibility index (Phi) is 4.37. The van der Waals surface area contributed by atoms with Crippen LogP contribution in [0.2, 0.25) is 0 Å². The molecule has 0 heterocycles. The number of aryl methyl sites for hydroxylation is 1. The van der Waals surface area contributed by atoms with E-state index in [1.54, 1.807) is 12.1 Å². The highest BCUT2D eigenvalue weighted by Crippen LogP contribution is 2.30. The van der Waals surface area contributed by atoms with Crippen LogP contribution < -0.4 is 10.1 Å². The first-order valence-electron chi connectivity index (χ1n) is 7.48. The summed E-state index contributed by atoms with van der Waals surface area (Å²) in [6.07, 6.45) is 2.20. The molecule has 0 saturated heterocycles. The first kappa shape index (κ1) is 14.6. The van der Waals surface area contributed by atoms with Gasteiger partial charge in [-0.15, -0.1) is 0 Å². The van der Waals surface area contributed by atoms with Crippen molar-refractivity contribution in [2.75, 3.05) is 6.61 Å². The summed E-state index contributed by atoms with van der Waals surface area (Å²) in [6, 6.07) is 14.2. The minimum absolute atomic E-state index is 0.0434. The van der Waals surface area contributed by atoms with Crippen molar-refractivity contribution in [3.63, 3.8) is 0 Å². The second-order valence-electron chi connectivity index (χ2n) is 5.41. The Morgan fingerprint density at radius 2 is 2.09 bits per heavy atom. The molecule has 0 saturated carbocycles. The second kappa shape index (κ2) is 6.60. The molecule has 2 aromatic rings. The molecule has 1 aliphatic rings. The molecular formula is C18H18FNO2. The molecule has 0 bridgehead atoms. The average Bonchev–Trinajstić information content (AvgIpc) is 2.91. The fourth-order valence-corrected chi connectivity index (χ4v) is 2.79. The normalized spacial score (nSPS) is 16.1. The monoisotopic (exact) mass is 299 g/mol. The third-order valence-electron chi connectivity index (χ3n) is 3.86. The van der Waals surface area contributed by atoms with Crippen LogP contribution in [0.3, 0.4) is 0 Å². The standard InChI is InChI=1S/C18H18FNO2/c19-14-5-3-6-15(12-14)22-11-10-18(21)20-17-9-8-13-4-1-2-7-16(13)17/h1-7,12,17H,8-11H2,(H,20,21)/t17-/m1/s1. The molecule has 0 fully saturated rings. The van der Waals surface area contributed by atoms with Crippen molar-refractivity contribution in [2.24, 2.45) is 0 Å². The highest BCUT2D eigenvalue weighted by atomic mass is 19.1. The molecule has 0 spiro atoms. The van der Waals surface area contributed by atoms with Crippen LogP contribution in [0.25, 0.3) is 0 Å². The van der Waals surface area contributed by atoms with Crippen LogP contribution in [0.4, 0.5) is 4.39 Å². The predicted octanol–water partition coefficient (Wildman–Crippen LogP) is 3.40.